The van der Waals surface area contributed by atoms with Gasteiger partial charge in [0.15, 0.2) is 0 Å². The third-order valence-electron chi connectivity index (χ3n) is 1.54. The maximum atomic E-state index is 11.0. The Morgan fingerprint density at radius 2 is 2.36 bits per heavy atom. The summed E-state index contributed by atoms with van der Waals surface area (Å²) in [5.74, 6) is 0.0557. The molecular formula is C7H14N2O2. The summed E-state index contributed by atoms with van der Waals surface area (Å²) in [4.78, 5) is 11.0. The lowest BCUT2D eigenvalue weighted by Gasteiger charge is -2.26. The number of rotatable bonds is 4. The minimum Gasteiger partial charge on any atom is -0.377 e. The molecule has 1 aliphatic rings. The van der Waals surface area contributed by atoms with Crippen LogP contribution in [0.4, 0.5) is 0 Å². The van der Waals surface area contributed by atoms with Crippen molar-refractivity contribution in [2.75, 3.05) is 26.3 Å². The quantitative estimate of drug-likeness (QED) is 0.558. The number of amides is 1. The van der Waals surface area contributed by atoms with Gasteiger partial charge < -0.3 is 15.4 Å². The zero-order chi connectivity index (χ0) is 8.10. The molecule has 0 saturated carbocycles. The molecule has 4 heteroatoms. The summed E-state index contributed by atoms with van der Waals surface area (Å²) in [6.45, 7) is 4.54. The average Bonchev–Trinajstić information content (AvgIpc) is 1.93. The molecule has 11 heavy (non-hydrogen) atoms. The molecule has 0 atom stereocenters. The fourth-order valence-electron chi connectivity index (χ4n) is 0.836. The molecule has 1 rings (SSSR count). The Bertz CT molecular complexity index is 134. The van der Waals surface area contributed by atoms with E-state index in [-0.39, 0.29) is 11.9 Å². The number of hydrogen-bond donors (Lipinski definition) is 2. The normalized spacial score (nSPS) is 17.5. The van der Waals surface area contributed by atoms with Gasteiger partial charge in [-0.15, -0.1) is 0 Å². The van der Waals surface area contributed by atoms with Crippen LogP contribution in [0, 0.1) is 0 Å². The molecule has 0 unspecified atom stereocenters. The Morgan fingerprint density at radius 3 is 2.82 bits per heavy atom. The van der Waals surface area contributed by atoms with E-state index in [4.69, 9.17) is 4.74 Å². The van der Waals surface area contributed by atoms with E-state index in [1.54, 1.807) is 0 Å². The summed E-state index contributed by atoms with van der Waals surface area (Å²) in [5.41, 5.74) is 0. The van der Waals surface area contributed by atoms with Crippen molar-refractivity contribution in [3.05, 3.63) is 0 Å². The third kappa shape index (κ3) is 2.86. The van der Waals surface area contributed by atoms with E-state index in [0.717, 1.165) is 6.54 Å². The molecule has 1 amide bonds. The van der Waals surface area contributed by atoms with Crippen molar-refractivity contribution in [3.8, 4) is 0 Å². The van der Waals surface area contributed by atoms with Crippen molar-refractivity contribution in [3.63, 3.8) is 0 Å². The second-order valence-electron chi connectivity index (χ2n) is 2.58. The first kappa shape index (κ1) is 8.49. The maximum Gasteiger partial charge on any atom is 0.234 e. The fraction of sp³-hybridized carbons (Fsp3) is 0.857. The van der Waals surface area contributed by atoms with E-state index in [1.165, 1.54) is 0 Å². The largest absolute Gasteiger partial charge is 0.377 e. The Balaban J connectivity index is 2.00. The summed E-state index contributed by atoms with van der Waals surface area (Å²) in [7, 11) is 0. The number of likely N-dealkylation sites (N-methyl/N-ethyl adjacent to an activating group) is 1. The van der Waals surface area contributed by atoms with Crippen LogP contribution in [0.3, 0.4) is 0 Å². The van der Waals surface area contributed by atoms with Crippen LogP contribution in [-0.2, 0) is 9.53 Å². The van der Waals surface area contributed by atoms with Crippen molar-refractivity contribution in [1.29, 1.82) is 0 Å². The molecule has 1 aliphatic heterocycles. The van der Waals surface area contributed by atoms with Gasteiger partial charge in [0.05, 0.1) is 25.8 Å². The zero-order valence-corrected chi connectivity index (χ0v) is 6.72. The molecule has 0 aliphatic carbocycles. The molecule has 0 bridgehead atoms. The van der Waals surface area contributed by atoms with Gasteiger partial charge in [-0.1, -0.05) is 6.92 Å². The molecule has 1 fully saturated rings. The van der Waals surface area contributed by atoms with Gasteiger partial charge in [-0.3, -0.25) is 4.79 Å². The highest BCUT2D eigenvalue weighted by Crippen LogP contribution is 1.98. The van der Waals surface area contributed by atoms with Crippen molar-refractivity contribution in [1.82, 2.24) is 10.6 Å². The molecule has 0 aromatic heterocycles. The Morgan fingerprint density at radius 1 is 1.64 bits per heavy atom. The summed E-state index contributed by atoms with van der Waals surface area (Å²) in [6, 6.07) is 0.251. The molecule has 0 spiro atoms. The predicted molar refractivity (Wildman–Crippen MR) is 41.3 cm³/mol. The standard InChI is InChI=1S/C7H14N2O2/c1-2-8-3-7(10)9-6-4-11-5-6/h6,8H,2-5H2,1H3,(H,9,10). The molecule has 0 aromatic rings. The highest BCUT2D eigenvalue weighted by atomic mass is 16.5. The van der Waals surface area contributed by atoms with Crippen LogP contribution < -0.4 is 10.6 Å². The molecule has 0 aromatic carbocycles. The first-order chi connectivity index (χ1) is 5.33. The lowest BCUT2D eigenvalue weighted by atomic mass is 10.2. The number of nitrogens with one attached hydrogen (secondary N) is 2. The highest BCUT2D eigenvalue weighted by Gasteiger charge is 2.19. The lowest BCUT2D eigenvalue weighted by molar-refractivity contribution is -0.124. The Labute approximate surface area is 66.3 Å². The van der Waals surface area contributed by atoms with Crippen LogP contribution >= 0.6 is 0 Å². The van der Waals surface area contributed by atoms with Crippen molar-refractivity contribution in [2.24, 2.45) is 0 Å². The van der Waals surface area contributed by atoms with Gasteiger partial charge in [-0.05, 0) is 6.54 Å². The van der Waals surface area contributed by atoms with E-state index in [1.807, 2.05) is 6.92 Å². The molecule has 4 nitrogen and oxygen atoms in total. The predicted octanol–water partition coefficient (Wildman–Crippen LogP) is -0.889. The third-order valence-corrected chi connectivity index (χ3v) is 1.54. The van der Waals surface area contributed by atoms with Gasteiger partial charge in [0.1, 0.15) is 0 Å². The summed E-state index contributed by atoms with van der Waals surface area (Å²) in [6.07, 6.45) is 0. The van der Waals surface area contributed by atoms with Gasteiger partial charge in [-0.2, -0.15) is 0 Å². The van der Waals surface area contributed by atoms with Crippen molar-refractivity contribution < 1.29 is 9.53 Å². The summed E-state index contributed by atoms with van der Waals surface area (Å²) in [5, 5.41) is 5.77. The number of carbonyl (C=O) groups excluding carboxylic acids is 1. The summed E-state index contributed by atoms with van der Waals surface area (Å²) < 4.78 is 4.91. The minimum atomic E-state index is 0.0557. The monoisotopic (exact) mass is 158 g/mol. The molecule has 1 heterocycles. The van der Waals surface area contributed by atoms with Gasteiger partial charge in [0.2, 0.25) is 5.91 Å². The van der Waals surface area contributed by atoms with Crippen LogP contribution in [0.2, 0.25) is 0 Å². The Kier molecular flexibility index (Phi) is 3.32. The SMILES string of the molecule is CCNCC(=O)NC1COC1. The van der Waals surface area contributed by atoms with Crippen molar-refractivity contribution in [2.45, 2.75) is 13.0 Å². The number of carbonyl (C=O) groups is 1. The van der Waals surface area contributed by atoms with E-state index in [0.29, 0.717) is 19.8 Å². The van der Waals surface area contributed by atoms with Gasteiger partial charge >= 0.3 is 0 Å². The molecule has 1 saturated heterocycles. The lowest BCUT2D eigenvalue weighted by Crippen LogP contribution is -2.50. The highest BCUT2D eigenvalue weighted by molar-refractivity contribution is 5.78. The second-order valence-corrected chi connectivity index (χ2v) is 2.58. The first-order valence-corrected chi connectivity index (χ1v) is 3.90. The number of ether oxygens (including phenoxy) is 1. The fourth-order valence-corrected chi connectivity index (χ4v) is 0.836. The van der Waals surface area contributed by atoms with Crippen LogP contribution in [0.5, 0.6) is 0 Å². The van der Waals surface area contributed by atoms with Gasteiger partial charge in [-0.25, -0.2) is 0 Å². The van der Waals surface area contributed by atoms with E-state index < -0.39 is 0 Å². The van der Waals surface area contributed by atoms with E-state index in [9.17, 15) is 4.79 Å². The Hall–Kier alpha value is -0.610. The minimum absolute atomic E-state index is 0.0557. The molecule has 64 valence electrons. The van der Waals surface area contributed by atoms with Crippen LogP contribution in [-0.4, -0.2) is 38.3 Å². The number of hydrogen-bond acceptors (Lipinski definition) is 3. The van der Waals surface area contributed by atoms with Crippen LogP contribution in [0.1, 0.15) is 6.92 Å². The maximum absolute atomic E-state index is 11.0. The summed E-state index contributed by atoms with van der Waals surface area (Å²) >= 11 is 0. The zero-order valence-electron chi connectivity index (χ0n) is 6.72. The molecule has 0 radical (unpaired) electrons. The van der Waals surface area contributed by atoms with E-state index >= 15 is 0 Å². The van der Waals surface area contributed by atoms with Crippen LogP contribution in [0.25, 0.3) is 0 Å². The second kappa shape index (κ2) is 4.31. The topological polar surface area (TPSA) is 50.4 Å². The van der Waals surface area contributed by atoms with E-state index in [2.05, 4.69) is 10.6 Å². The average molecular weight is 158 g/mol. The first-order valence-electron chi connectivity index (χ1n) is 3.90. The van der Waals surface area contributed by atoms with Crippen LogP contribution in [0.15, 0.2) is 0 Å². The molecular weight excluding hydrogens is 144 g/mol. The molecule has 2 N–H and O–H groups in total. The smallest absolute Gasteiger partial charge is 0.234 e. The van der Waals surface area contributed by atoms with Gasteiger partial charge in [0.25, 0.3) is 0 Å². The van der Waals surface area contributed by atoms with Gasteiger partial charge in [0, 0.05) is 0 Å². The van der Waals surface area contributed by atoms with Crippen molar-refractivity contribution >= 4 is 5.91 Å².